The van der Waals surface area contributed by atoms with E-state index in [4.69, 9.17) is 5.11 Å². The number of carbonyl (C=O) groups excluding carboxylic acids is 1. The molecule has 70 valence electrons. The van der Waals surface area contributed by atoms with E-state index >= 15 is 0 Å². The minimum atomic E-state index is -0.932. The van der Waals surface area contributed by atoms with Gasteiger partial charge in [0.1, 0.15) is 11.2 Å². The van der Waals surface area contributed by atoms with E-state index in [1.54, 1.807) is 24.3 Å². The lowest BCUT2D eigenvalue weighted by Crippen LogP contribution is -1.89. The summed E-state index contributed by atoms with van der Waals surface area (Å²) in [6.07, 6.45) is 0.750. The highest BCUT2D eigenvalue weighted by Gasteiger charge is 2.08. The summed E-state index contributed by atoms with van der Waals surface area (Å²) in [4.78, 5) is 21.4. The summed E-state index contributed by atoms with van der Waals surface area (Å²) in [6, 6.07) is 6.73. The van der Waals surface area contributed by atoms with Crippen molar-refractivity contribution in [2.24, 2.45) is 0 Å². The van der Waals surface area contributed by atoms with E-state index in [0.717, 1.165) is 16.4 Å². The van der Waals surface area contributed by atoms with E-state index < -0.39 is 5.97 Å². The lowest BCUT2D eigenvalue weighted by Gasteiger charge is -1.89. The Hall–Kier alpha value is -1.68. The van der Waals surface area contributed by atoms with Crippen LogP contribution in [0.5, 0.6) is 0 Å². The summed E-state index contributed by atoms with van der Waals surface area (Å²) in [5.74, 6) is -0.932. The highest BCUT2D eigenvalue weighted by Crippen LogP contribution is 2.26. The Balaban J connectivity index is 2.65. The molecule has 1 aromatic heterocycles. The molecule has 0 amide bonds. The maximum Gasteiger partial charge on any atom is 0.345 e. The molecule has 0 bridgehead atoms. The Morgan fingerprint density at radius 3 is 2.79 bits per heavy atom. The highest BCUT2D eigenvalue weighted by molar-refractivity contribution is 7.20. The second-order valence-corrected chi connectivity index (χ2v) is 3.91. The van der Waals surface area contributed by atoms with Crippen molar-refractivity contribution >= 4 is 33.7 Å². The van der Waals surface area contributed by atoms with Crippen LogP contribution in [0.3, 0.4) is 0 Å². The summed E-state index contributed by atoms with van der Waals surface area (Å²) >= 11 is 1.18. The first-order chi connectivity index (χ1) is 6.70. The van der Waals surface area contributed by atoms with Gasteiger partial charge < -0.3 is 5.11 Å². The first-order valence-electron chi connectivity index (χ1n) is 3.93. The SMILES string of the molecule is O=Cc1ccc2cc(C(=O)O)sc2c1. The van der Waals surface area contributed by atoms with Gasteiger partial charge in [-0.2, -0.15) is 0 Å². The lowest BCUT2D eigenvalue weighted by molar-refractivity contribution is 0.0702. The van der Waals surface area contributed by atoms with E-state index in [9.17, 15) is 9.59 Å². The number of aromatic carboxylic acids is 1. The molecular formula is C10H6O3S. The first-order valence-corrected chi connectivity index (χ1v) is 4.74. The Labute approximate surface area is 83.6 Å². The van der Waals surface area contributed by atoms with Crippen molar-refractivity contribution in [3.63, 3.8) is 0 Å². The normalized spacial score (nSPS) is 10.3. The molecule has 0 radical (unpaired) electrons. The number of hydrogen-bond donors (Lipinski definition) is 1. The maximum atomic E-state index is 10.7. The van der Waals surface area contributed by atoms with Crippen LogP contribution in [0.1, 0.15) is 20.0 Å². The van der Waals surface area contributed by atoms with Crippen LogP contribution < -0.4 is 0 Å². The average Bonchev–Trinajstić information content (AvgIpc) is 2.59. The number of thiophene rings is 1. The van der Waals surface area contributed by atoms with Crippen LogP contribution in [0, 0.1) is 0 Å². The molecule has 0 aliphatic rings. The summed E-state index contributed by atoms with van der Waals surface area (Å²) in [5, 5.41) is 9.61. The molecule has 1 aromatic carbocycles. The number of benzene rings is 1. The third-order valence-electron chi connectivity index (χ3n) is 1.89. The van der Waals surface area contributed by atoms with E-state index in [-0.39, 0.29) is 0 Å². The zero-order valence-electron chi connectivity index (χ0n) is 7.06. The second-order valence-electron chi connectivity index (χ2n) is 2.83. The molecule has 0 atom stereocenters. The third kappa shape index (κ3) is 1.40. The number of fused-ring (bicyclic) bond motifs is 1. The number of carboxylic acids is 1. The average molecular weight is 206 g/mol. The van der Waals surface area contributed by atoms with E-state index in [1.165, 1.54) is 11.3 Å². The summed E-state index contributed by atoms with van der Waals surface area (Å²) in [7, 11) is 0. The van der Waals surface area contributed by atoms with Gasteiger partial charge in [-0.15, -0.1) is 11.3 Å². The molecule has 0 fully saturated rings. The van der Waals surface area contributed by atoms with Gasteiger partial charge in [-0.3, -0.25) is 4.79 Å². The Morgan fingerprint density at radius 2 is 2.14 bits per heavy atom. The zero-order chi connectivity index (χ0) is 10.1. The number of hydrogen-bond acceptors (Lipinski definition) is 3. The van der Waals surface area contributed by atoms with Crippen LogP contribution >= 0.6 is 11.3 Å². The Morgan fingerprint density at radius 1 is 1.36 bits per heavy atom. The standard InChI is InChI=1S/C10H6O3S/c11-5-6-1-2-7-4-9(10(12)13)14-8(7)3-6/h1-5H,(H,12,13). The minimum Gasteiger partial charge on any atom is -0.477 e. The molecule has 0 saturated carbocycles. The van der Waals surface area contributed by atoms with Gasteiger partial charge in [-0.05, 0) is 17.5 Å². The lowest BCUT2D eigenvalue weighted by atomic mass is 10.2. The van der Waals surface area contributed by atoms with Gasteiger partial charge in [0, 0.05) is 10.3 Å². The molecule has 3 nitrogen and oxygen atoms in total. The van der Waals surface area contributed by atoms with Crippen LogP contribution in [-0.4, -0.2) is 17.4 Å². The van der Waals surface area contributed by atoms with Gasteiger partial charge in [0.05, 0.1) is 0 Å². The molecule has 0 spiro atoms. The highest BCUT2D eigenvalue weighted by atomic mass is 32.1. The van der Waals surface area contributed by atoms with E-state index in [2.05, 4.69) is 0 Å². The molecule has 0 saturated heterocycles. The molecule has 0 aliphatic carbocycles. The second kappa shape index (κ2) is 3.23. The predicted octanol–water partition coefficient (Wildman–Crippen LogP) is 2.41. The summed E-state index contributed by atoms with van der Waals surface area (Å²) in [6.45, 7) is 0. The van der Waals surface area contributed by atoms with Gasteiger partial charge in [0.2, 0.25) is 0 Å². The number of carboxylic acid groups (broad SMARTS) is 1. The van der Waals surface area contributed by atoms with E-state index in [0.29, 0.717) is 10.4 Å². The molecule has 14 heavy (non-hydrogen) atoms. The molecule has 1 heterocycles. The van der Waals surface area contributed by atoms with Gasteiger partial charge in [0.25, 0.3) is 0 Å². The van der Waals surface area contributed by atoms with Crippen LogP contribution in [0.15, 0.2) is 24.3 Å². The van der Waals surface area contributed by atoms with Crippen molar-refractivity contribution in [3.05, 3.63) is 34.7 Å². The van der Waals surface area contributed by atoms with Gasteiger partial charge >= 0.3 is 5.97 Å². The fourth-order valence-corrected chi connectivity index (χ4v) is 2.18. The van der Waals surface area contributed by atoms with Crippen molar-refractivity contribution in [1.29, 1.82) is 0 Å². The number of aldehydes is 1. The quantitative estimate of drug-likeness (QED) is 0.767. The molecule has 2 aromatic rings. The van der Waals surface area contributed by atoms with Gasteiger partial charge in [-0.25, -0.2) is 4.79 Å². The van der Waals surface area contributed by atoms with Crippen molar-refractivity contribution < 1.29 is 14.7 Å². The van der Waals surface area contributed by atoms with Crippen molar-refractivity contribution in [2.75, 3.05) is 0 Å². The van der Waals surface area contributed by atoms with Crippen LogP contribution in [0.2, 0.25) is 0 Å². The predicted molar refractivity (Wildman–Crippen MR) is 54.2 cm³/mol. The largest absolute Gasteiger partial charge is 0.477 e. The fraction of sp³-hybridized carbons (Fsp3) is 0. The zero-order valence-corrected chi connectivity index (χ0v) is 7.88. The monoisotopic (exact) mass is 206 g/mol. The summed E-state index contributed by atoms with van der Waals surface area (Å²) in [5.41, 5.74) is 0.566. The van der Waals surface area contributed by atoms with Crippen LogP contribution in [-0.2, 0) is 0 Å². The first kappa shape index (κ1) is 8.90. The Bertz CT molecular complexity index is 513. The maximum absolute atomic E-state index is 10.7. The minimum absolute atomic E-state index is 0.294. The topological polar surface area (TPSA) is 54.4 Å². The van der Waals surface area contributed by atoms with Gasteiger partial charge in [-0.1, -0.05) is 12.1 Å². The fourth-order valence-electron chi connectivity index (χ4n) is 1.23. The van der Waals surface area contributed by atoms with Crippen molar-refractivity contribution in [2.45, 2.75) is 0 Å². The van der Waals surface area contributed by atoms with Crippen molar-refractivity contribution in [1.82, 2.24) is 0 Å². The number of rotatable bonds is 2. The smallest absolute Gasteiger partial charge is 0.345 e. The van der Waals surface area contributed by atoms with Gasteiger partial charge in [0.15, 0.2) is 0 Å². The molecule has 0 unspecified atom stereocenters. The molecular weight excluding hydrogens is 200 g/mol. The third-order valence-corrected chi connectivity index (χ3v) is 2.98. The number of carbonyl (C=O) groups is 2. The van der Waals surface area contributed by atoms with Crippen LogP contribution in [0.25, 0.3) is 10.1 Å². The molecule has 4 heteroatoms. The summed E-state index contributed by atoms with van der Waals surface area (Å²) < 4.78 is 0.826. The molecule has 1 N–H and O–H groups in total. The molecule has 0 aliphatic heterocycles. The van der Waals surface area contributed by atoms with Crippen molar-refractivity contribution in [3.8, 4) is 0 Å². The van der Waals surface area contributed by atoms with E-state index in [1.807, 2.05) is 0 Å². The van der Waals surface area contributed by atoms with Crippen LogP contribution in [0.4, 0.5) is 0 Å². The Kier molecular flexibility index (Phi) is 2.05. The molecule has 2 rings (SSSR count).